The first kappa shape index (κ1) is 26.2. The number of aromatic nitrogens is 3. The predicted octanol–water partition coefficient (Wildman–Crippen LogP) is 6.15. The van der Waals surface area contributed by atoms with Crippen LogP contribution in [0, 0.1) is 20.8 Å². The number of fused-ring (bicyclic) bond motifs is 1. The maximum atomic E-state index is 6.47. The van der Waals surface area contributed by atoms with Crippen LogP contribution in [-0.4, -0.2) is 41.8 Å². The molecule has 0 fully saturated rings. The Hall–Kier alpha value is -3.85. The van der Waals surface area contributed by atoms with Gasteiger partial charge in [0.1, 0.15) is 12.9 Å². The lowest BCUT2D eigenvalue weighted by Gasteiger charge is -2.16. The summed E-state index contributed by atoms with van der Waals surface area (Å²) in [5.41, 5.74) is 6.11. The summed E-state index contributed by atoms with van der Waals surface area (Å²) in [5, 5.41) is 12.8. The van der Waals surface area contributed by atoms with Crippen molar-refractivity contribution in [3.63, 3.8) is 0 Å². The van der Waals surface area contributed by atoms with Gasteiger partial charge in [0.2, 0.25) is 5.89 Å². The summed E-state index contributed by atoms with van der Waals surface area (Å²) in [6.45, 7) is 5.76. The average molecular weight is 525 g/mol. The van der Waals surface area contributed by atoms with Gasteiger partial charge in [0, 0.05) is 6.42 Å². The molecular formula is C27H29ClN4O5. The van der Waals surface area contributed by atoms with Crippen molar-refractivity contribution >= 4 is 33.3 Å². The highest BCUT2D eigenvalue weighted by atomic mass is 35.5. The molecule has 194 valence electrons. The molecule has 0 bridgehead atoms. The van der Waals surface area contributed by atoms with Crippen molar-refractivity contribution in [1.82, 2.24) is 15.3 Å². The van der Waals surface area contributed by atoms with Gasteiger partial charge in [-0.05, 0) is 90.9 Å². The third kappa shape index (κ3) is 5.61. The highest BCUT2D eigenvalue weighted by Gasteiger charge is 2.19. The van der Waals surface area contributed by atoms with Crippen LogP contribution in [0.2, 0.25) is 0 Å². The first-order valence-corrected chi connectivity index (χ1v) is 12.1. The van der Waals surface area contributed by atoms with Crippen LogP contribution < -0.4 is 9.47 Å². The Morgan fingerprint density at radius 1 is 0.973 bits per heavy atom. The fourth-order valence-corrected chi connectivity index (χ4v) is 4.53. The average Bonchev–Trinajstić information content (AvgIpc) is 3.49. The molecule has 2 heterocycles. The van der Waals surface area contributed by atoms with Crippen molar-refractivity contribution in [3.05, 3.63) is 69.9 Å². The van der Waals surface area contributed by atoms with Gasteiger partial charge < -0.3 is 23.4 Å². The van der Waals surface area contributed by atoms with Gasteiger partial charge in [-0.25, -0.2) is 0 Å². The van der Waals surface area contributed by atoms with Crippen LogP contribution in [0.4, 0.5) is 0 Å². The van der Waals surface area contributed by atoms with Crippen LogP contribution in [0.25, 0.3) is 16.5 Å². The smallest absolute Gasteiger partial charge is 0.261 e. The minimum Gasteiger partial charge on any atom is -0.496 e. The van der Waals surface area contributed by atoms with Gasteiger partial charge in [0.25, 0.3) is 5.88 Å². The van der Waals surface area contributed by atoms with Crippen LogP contribution in [0.3, 0.4) is 0 Å². The van der Waals surface area contributed by atoms with Gasteiger partial charge in [-0.1, -0.05) is 28.0 Å². The molecule has 4 rings (SSSR count). The Morgan fingerprint density at radius 2 is 1.73 bits per heavy atom. The molecule has 4 aromatic rings. The van der Waals surface area contributed by atoms with Crippen LogP contribution in [0.15, 0.2) is 44.5 Å². The molecule has 0 aliphatic heterocycles. The van der Waals surface area contributed by atoms with E-state index in [9.17, 15) is 0 Å². The Balaban J connectivity index is 1.82. The molecule has 0 spiro atoms. The molecule has 2 aromatic heterocycles. The number of aryl methyl sites for hydroxylation is 4. The number of halogens is 1. The van der Waals surface area contributed by atoms with Crippen molar-refractivity contribution in [2.75, 3.05) is 21.3 Å². The van der Waals surface area contributed by atoms with Crippen LogP contribution >= 0.6 is 11.6 Å². The van der Waals surface area contributed by atoms with Crippen molar-refractivity contribution in [1.29, 1.82) is 0 Å². The van der Waals surface area contributed by atoms with E-state index in [-0.39, 0.29) is 5.17 Å². The molecular weight excluding hydrogens is 496 g/mol. The highest BCUT2D eigenvalue weighted by molar-refractivity contribution is 6.69. The predicted molar refractivity (Wildman–Crippen MR) is 141 cm³/mol. The van der Waals surface area contributed by atoms with E-state index < -0.39 is 0 Å². The molecule has 0 radical (unpaired) electrons. The van der Waals surface area contributed by atoms with Crippen molar-refractivity contribution in [3.8, 4) is 11.6 Å². The number of nitrogens with zero attached hydrogens (tertiary/aromatic N) is 4. The monoisotopic (exact) mass is 524 g/mol. The van der Waals surface area contributed by atoms with Gasteiger partial charge >= 0.3 is 0 Å². The molecule has 0 aliphatic carbocycles. The third-order valence-corrected chi connectivity index (χ3v) is 6.20. The van der Waals surface area contributed by atoms with Gasteiger partial charge in [-0.2, -0.15) is 4.98 Å². The molecule has 0 aliphatic rings. The summed E-state index contributed by atoms with van der Waals surface area (Å²) in [7, 11) is 4.63. The van der Waals surface area contributed by atoms with E-state index in [1.807, 2.05) is 32.9 Å². The lowest BCUT2D eigenvalue weighted by atomic mass is 9.91. The van der Waals surface area contributed by atoms with Crippen molar-refractivity contribution < 1.29 is 23.4 Å². The molecule has 2 aromatic carbocycles. The number of hydrogen-bond donors (Lipinski definition) is 0. The van der Waals surface area contributed by atoms with Gasteiger partial charge in [-0.3, -0.25) is 0 Å². The number of benzene rings is 2. The molecule has 10 heteroatoms. The minimum atomic E-state index is 0.197. The molecule has 0 saturated carbocycles. The number of methoxy groups -OCH3 is 2. The Labute approximate surface area is 220 Å². The molecule has 9 nitrogen and oxygen atoms in total. The van der Waals surface area contributed by atoms with E-state index in [4.69, 9.17) is 35.0 Å². The quantitative estimate of drug-likeness (QED) is 0.138. The maximum absolute atomic E-state index is 6.47. The minimum absolute atomic E-state index is 0.197. The summed E-state index contributed by atoms with van der Waals surface area (Å²) >= 11 is 6.47. The topological polar surface area (TPSA) is 105 Å². The lowest BCUT2D eigenvalue weighted by molar-refractivity contribution is 0.214. The van der Waals surface area contributed by atoms with E-state index in [1.54, 1.807) is 14.2 Å². The van der Waals surface area contributed by atoms with Crippen LogP contribution in [0.5, 0.6) is 11.6 Å². The Bertz CT molecular complexity index is 1470. The van der Waals surface area contributed by atoms with Gasteiger partial charge in [0.05, 0.1) is 25.2 Å². The van der Waals surface area contributed by atoms with E-state index in [0.29, 0.717) is 40.9 Å². The van der Waals surface area contributed by atoms with Crippen LogP contribution in [0.1, 0.15) is 52.4 Å². The van der Waals surface area contributed by atoms with Crippen LogP contribution in [-0.2, 0) is 11.3 Å². The second kappa shape index (κ2) is 11.5. The number of oxime groups is 1. The number of hydrogen-bond acceptors (Lipinski definition) is 9. The van der Waals surface area contributed by atoms with E-state index >= 15 is 0 Å². The maximum Gasteiger partial charge on any atom is 0.261 e. The largest absolute Gasteiger partial charge is 0.496 e. The third-order valence-electron chi connectivity index (χ3n) is 5.93. The first-order valence-electron chi connectivity index (χ1n) is 11.8. The molecule has 0 amide bonds. The van der Waals surface area contributed by atoms with Gasteiger partial charge in [0.15, 0.2) is 16.6 Å². The first-order chi connectivity index (χ1) is 17.9. The Kier molecular flexibility index (Phi) is 8.13. The standard InChI is InChI=1S/C27H29ClN4O5/c1-15-11-18(13-21(24(15)33-4)26(28)31-35-6)20(9-7-8-10-23-29-17(3)30-36-23)19-12-16(2)25-22(14-19)27(34-5)32-37-25/h9,11-14H,7-8,10H2,1-6H3/b20-9+,31-26?. The molecule has 37 heavy (non-hydrogen) atoms. The summed E-state index contributed by atoms with van der Waals surface area (Å²) in [5.74, 6) is 2.33. The number of unbranched alkanes of at least 4 members (excludes halogenated alkanes) is 1. The number of allylic oxidation sites excluding steroid dienone is 1. The molecule has 0 atom stereocenters. The SMILES string of the molecule is CON=C(Cl)c1cc(/C(=C\CCCc2nc(C)no2)c2cc(C)c3onc(OC)c3c2)cc(C)c1OC. The summed E-state index contributed by atoms with van der Waals surface area (Å²) < 4.78 is 21.8. The second-order valence-corrected chi connectivity index (χ2v) is 8.90. The normalized spacial score (nSPS) is 12.3. The van der Waals surface area contributed by atoms with Crippen molar-refractivity contribution in [2.45, 2.75) is 40.0 Å². The number of rotatable bonds is 10. The zero-order chi connectivity index (χ0) is 26.5. The summed E-state index contributed by atoms with van der Waals surface area (Å²) in [6, 6.07) is 8.12. The molecule has 0 saturated heterocycles. The molecule has 0 N–H and O–H groups in total. The summed E-state index contributed by atoms with van der Waals surface area (Å²) in [4.78, 5) is 9.22. The fraction of sp³-hybridized carbons (Fsp3) is 0.333. The lowest BCUT2D eigenvalue weighted by Crippen LogP contribution is -2.02. The summed E-state index contributed by atoms with van der Waals surface area (Å²) in [6.07, 6.45) is 4.48. The molecule has 0 unspecified atom stereocenters. The van der Waals surface area contributed by atoms with Crippen molar-refractivity contribution in [2.24, 2.45) is 5.16 Å². The van der Waals surface area contributed by atoms with E-state index in [1.165, 1.54) is 7.11 Å². The highest BCUT2D eigenvalue weighted by Crippen LogP contribution is 2.36. The van der Waals surface area contributed by atoms with E-state index in [0.717, 1.165) is 46.1 Å². The Morgan fingerprint density at radius 3 is 2.41 bits per heavy atom. The zero-order valence-electron chi connectivity index (χ0n) is 21.7. The zero-order valence-corrected chi connectivity index (χ0v) is 22.5. The van der Waals surface area contributed by atoms with Gasteiger partial charge in [-0.15, -0.1) is 0 Å². The fourth-order valence-electron chi connectivity index (χ4n) is 4.32. The second-order valence-electron chi connectivity index (χ2n) is 8.55. The number of ether oxygens (including phenoxy) is 2. The van der Waals surface area contributed by atoms with E-state index in [2.05, 4.69) is 38.7 Å².